The zero-order valence-corrected chi connectivity index (χ0v) is 14.2. The Morgan fingerprint density at radius 3 is 2.67 bits per heavy atom. The Bertz CT molecular complexity index is 320. The molecular weight excluding hydrogens is 258 g/mol. The van der Waals surface area contributed by atoms with Gasteiger partial charge in [-0.15, -0.1) is 0 Å². The van der Waals surface area contributed by atoms with E-state index < -0.39 is 0 Å². The van der Waals surface area contributed by atoms with Crippen LogP contribution in [0.2, 0.25) is 0 Å². The van der Waals surface area contributed by atoms with Crippen molar-refractivity contribution in [2.24, 2.45) is 5.92 Å². The van der Waals surface area contributed by atoms with E-state index in [1.165, 1.54) is 77.7 Å². The molecule has 2 saturated heterocycles. The molecule has 0 aromatic rings. The molecule has 0 radical (unpaired) electrons. The van der Waals surface area contributed by atoms with Gasteiger partial charge in [0.05, 0.1) is 0 Å². The standard InChI is InChI=1S/C18H35N3/c1-3-9-19-17-8-7-15(4-2)13-18(17)21-12-11-20-10-5-6-16(20)14-21/h15-19H,3-14H2,1-2H3. The second-order valence-electron chi connectivity index (χ2n) is 7.54. The van der Waals surface area contributed by atoms with Crippen LogP contribution in [-0.4, -0.2) is 60.6 Å². The van der Waals surface area contributed by atoms with Crippen LogP contribution in [0.1, 0.15) is 58.8 Å². The van der Waals surface area contributed by atoms with Gasteiger partial charge in [0.25, 0.3) is 0 Å². The van der Waals surface area contributed by atoms with Crippen LogP contribution < -0.4 is 5.32 Å². The Balaban J connectivity index is 1.63. The molecule has 3 fully saturated rings. The van der Waals surface area contributed by atoms with Crippen LogP contribution in [0.25, 0.3) is 0 Å². The summed E-state index contributed by atoms with van der Waals surface area (Å²) in [5.74, 6) is 0.969. The van der Waals surface area contributed by atoms with Crippen molar-refractivity contribution in [2.75, 3.05) is 32.7 Å². The normalized spacial score (nSPS) is 38.6. The van der Waals surface area contributed by atoms with Gasteiger partial charge in [0, 0.05) is 37.8 Å². The Morgan fingerprint density at radius 2 is 1.86 bits per heavy atom. The van der Waals surface area contributed by atoms with Gasteiger partial charge in [0.1, 0.15) is 0 Å². The quantitative estimate of drug-likeness (QED) is 0.841. The van der Waals surface area contributed by atoms with E-state index >= 15 is 0 Å². The third kappa shape index (κ3) is 3.62. The first kappa shape index (κ1) is 15.8. The maximum atomic E-state index is 3.87. The predicted molar refractivity (Wildman–Crippen MR) is 89.7 cm³/mol. The third-order valence-electron chi connectivity index (χ3n) is 6.25. The summed E-state index contributed by atoms with van der Waals surface area (Å²) in [7, 11) is 0. The topological polar surface area (TPSA) is 18.5 Å². The molecule has 2 heterocycles. The molecule has 0 spiro atoms. The molecule has 3 heteroatoms. The van der Waals surface area contributed by atoms with Gasteiger partial charge in [-0.05, 0) is 57.5 Å². The summed E-state index contributed by atoms with van der Waals surface area (Å²) in [6.45, 7) is 11.2. The van der Waals surface area contributed by atoms with Crippen LogP contribution in [-0.2, 0) is 0 Å². The number of nitrogens with zero attached hydrogens (tertiary/aromatic N) is 2. The molecule has 1 saturated carbocycles. The lowest BCUT2D eigenvalue weighted by atomic mass is 9.79. The van der Waals surface area contributed by atoms with E-state index in [9.17, 15) is 0 Å². The molecule has 2 aliphatic heterocycles. The van der Waals surface area contributed by atoms with Crippen molar-refractivity contribution in [1.82, 2.24) is 15.1 Å². The highest BCUT2D eigenvalue weighted by atomic mass is 15.3. The van der Waals surface area contributed by atoms with Crippen LogP contribution >= 0.6 is 0 Å². The summed E-state index contributed by atoms with van der Waals surface area (Å²) < 4.78 is 0. The predicted octanol–water partition coefficient (Wildman–Crippen LogP) is 2.71. The smallest absolute Gasteiger partial charge is 0.0253 e. The number of piperazine rings is 1. The first-order chi connectivity index (χ1) is 10.3. The molecule has 0 bridgehead atoms. The average molecular weight is 293 g/mol. The van der Waals surface area contributed by atoms with E-state index in [2.05, 4.69) is 29.0 Å². The van der Waals surface area contributed by atoms with E-state index in [1.54, 1.807) is 0 Å². The molecule has 122 valence electrons. The lowest BCUT2D eigenvalue weighted by molar-refractivity contribution is 0.0306. The second-order valence-corrected chi connectivity index (χ2v) is 7.54. The van der Waals surface area contributed by atoms with Crippen molar-refractivity contribution < 1.29 is 0 Å². The first-order valence-electron chi connectivity index (χ1n) is 9.53. The third-order valence-corrected chi connectivity index (χ3v) is 6.25. The van der Waals surface area contributed by atoms with Gasteiger partial charge in [-0.25, -0.2) is 0 Å². The zero-order valence-electron chi connectivity index (χ0n) is 14.2. The number of hydrogen-bond donors (Lipinski definition) is 1. The fourth-order valence-electron chi connectivity index (χ4n) is 4.89. The van der Waals surface area contributed by atoms with E-state index in [4.69, 9.17) is 0 Å². The molecule has 1 aliphatic carbocycles. The van der Waals surface area contributed by atoms with Crippen LogP contribution in [0.15, 0.2) is 0 Å². The van der Waals surface area contributed by atoms with Crippen molar-refractivity contribution in [1.29, 1.82) is 0 Å². The molecular formula is C18H35N3. The van der Waals surface area contributed by atoms with Gasteiger partial charge >= 0.3 is 0 Å². The van der Waals surface area contributed by atoms with Gasteiger partial charge in [0.2, 0.25) is 0 Å². The minimum atomic E-state index is 0.751. The van der Waals surface area contributed by atoms with Crippen LogP contribution in [0.5, 0.6) is 0 Å². The van der Waals surface area contributed by atoms with Crippen molar-refractivity contribution in [2.45, 2.75) is 76.9 Å². The highest BCUT2D eigenvalue weighted by Crippen LogP contribution is 2.32. The average Bonchev–Trinajstić information content (AvgIpc) is 3.00. The molecule has 1 N–H and O–H groups in total. The van der Waals surface area contributed by atoms with Crippen molar-refractivity contribution in [3.05, 3.63) is 0 Å². The highest BCUT2D eigenvalue weighted by molar-refractivity contribution is 4.96. The molecule has 3 aliphatic rings. The SMILES string of the molecule is CCCNC1CCC(CC)CC1N1CCN2CCCC2C1. The maximum Gasteiger partial charge on any atom is 0.0253 e. The minimum absolute atomic E-state index is 0.751. The van der Waals surface area contributed by atoms with Gasteiger partial charge in [-0.3, -0.25) is 9.80 Å². The lowest BCUT2D eigenvalue weighted by Crippen LogP contribution is -2.60. The van der Waals surface area contributed by atoms with E-state index in [0.29, 0.717) is 0 Å². The van der Waals surface area contributed by atoms with Gasteiger partial charge in [-0.2, -0.15) is 0 Å². The van der Waals surface area contributed by atoms with Gasteiger partial charge in [-0.1, -0.05) is 20.3 Å². The molecule has 4 unspecified atom stereocenters. The molecule has 3 nitrogen and oxygen atoms in total. The van der Waals surface area contributed by atoms with E-state index in [-0.39, 0.29) is 0 Å². The number of nitrogens with one attached hydrogen (secondary N) is 1. The first-order valence-corrected chi connectivity index (χ1v) is 9.53. The zero-order chi connectivity index (χ0) is 14.7. The molecule has 0 amide bonds. The summed E-state index contributed by atoms with van der Waals surface area (Å²) in [5, 5.41) is 3.87. The Morgan fingerprint density at radius 1 is 1.00 bits per heavy atom. The molecule has 21 heavy (non-hydrogen) atoms. The fourth-order valence-corrected chi connectivity index (χ4v) is 4.89. The second kappa shape index (κ2) is 7.43. The molecule has 3 rings (SSSR count). The summed E-state index contributed by atoms with van der Waals surface area (Å²) in [6.07, 6.45) is 9.78. The summed E-state index contributed by atoms with van der Waals surface area (Å²) >= 11 is 0. The number of fused-ring (bicyclic) bond motifs is 1. The van der Waals surface area contributed by atoms with Crippen molar-refractivity contribution in [3.8, 4) is 0 Å². The molecule has 0 aromatic heterocycles. The largest absolute Gasteiger partial charge is 0.312 e. The summed E-state index contributed by atoms with van der Waals surface area (Å²) in [5.41, 5.74) is 0. The Kier molecular flexibility index (Phi) is 5.58. The minimum Gasteiger partial charge on any atom is -0.312 e. The van der Waals surface area contributed by atoms with Gasteiger partial charge in [0.15, 0.2) is 0 Å². The highest BCUT2D eigenvalue weighted by Gasteiger charge is 2.38. The summed E-state index contributed by atoms with van der Waals surface area (Å²) in [4.78, 5) is 5.60. The Hall–Kier alpha value is -0.120. The monoisotopic (exact) mass is 293 g/mol. The van der Waals surface area contributed by atoms with E-state index in [0.717, 1.165) is 24.0 Å². The van der Waals surface area contributed by atoms with E-state index in [1.807, 2.05) is 0 Å². The molecule has 4 atom stereocenters. The van der Waals surface area contributed by atoms with Crippen molar-refractivity contribution in [3.63, 3.8) is 0 Å². The number of hydrogen-bond acceptors (Lipinski definition) is 3. The van der Waals surface area contributed by atoms with Gasteiger partial charge < -0.3 is 5.32 Å². The van der Waals surface area contributed by atoms with Crippen LogP contribution in [0.4, 0.5) is 0 Å². The lowest BCUT2D eigenvalue weighted by Gasteiger charge is -2.47. The maximum absolute atomic E-state index is 3.87. The summed E-state index contributed by atoms with van der Waals surface area (Å²) in [6, 6.07) is 2.42. The molecule has 0 aromatic carbocycles. The Labute approximate surface area is 131 Å². The van der Waals surface area contributed by atoms with Crippen molar-refractivity contribution >= 4 is 0 Å². The van der Waals surface area contributed by atoms with Crippen LogP contribution in [0.3, 0.4) is 0 Å². The fraction of sp³-hybridized carbons (Fsp3) is 1.00. The number of rotatable bonds is 5. The van der Waals surface area contributed by atoms with Crippen LogP contribution in [0, 0.1) is 5.92 Å².